The average molecular weight is 370 g/mol. The Labute approximate surface area is 158 Å². The number of thiophene rings is 1. The van der Waals surface area contributed by atoms with Gasteiger partial charge < -0.3 is 15.0 Å². The fourth-order valence-electron chi connectivity index (χ4n) is 3.56. The lowest BCUT2D eigenvalue weighted by molar-refractivity contribution is -0.924. The Morgan fingerprint density at radius 1 is 1.23 bits per heavy atom. The van der Waals surface area contributed by atoms with Gasteiger partial charge in [-0.15, -0.1) is 11.3 Å². The maximum Gasteiger partial charge on any atom is 0.138 e. The highest BCUT2D eigenvalue weighted by Gasteiger charge is 2.24. The second-order valence-electron chi connectivity index (χ2n) is 6.93. The number of quaternary nitrogens is 1. The summed E-state index contributed by atoms with van der Waals surface area (Å²) in [5.41, 5.74) is 2.66. The number of anilines is 1. The SMILES string of the molecule is Cc1sc2ncnc(NC[C@@H]3C[NH+](Cc4ccccc4)CCO3)c2c1C. The number of fused-ring (bicyclic) bond motifs is 1. The van der Waals surface area contributed by atoms with Crippen molar-refractivity contribution in [2.75, 3.05) is 31.6 Å². The van der Waals surface area contributed by atoms with Crippen molar-refractivity contribution in [3.8, 4) is 0 Å². The molecule has 0 saturated carbocycles. The van der Waals surface area contributed by atoms with Crippen LogP contribution in [0.5, 0.6) is 0 Å². The number of hydrogen-bond donors (Lipinski definition) is 2. The van der Waals surface area contributed by atoms with Gasteiger partial charge in [0.05, 0.1) is 12.0 Å². The highest BCUT2D eigenvalue weighted by molar-refractivity contribution is 7.18. The molecule has 0 amide bonds. The molecule has 0 aliphatic carbocycles. The molecule has 0 radical (unpaired) electrons. The molecule has 3 aromatic rings. The van der Waals surface area contributed by atoms with Gasteiger partial charge in [-0.1, -0.05) is 30.3 Å². The van der Waals surface area contributed by atoms with Crippen molar-refractivity contribution in [2.45, 2.75) is 26.5 Å². The number of nitrogens with zero attached hydrogens (tertiary/aromatic N) is 2. The Balaban J connectivity index is 1.40. The topological polar surface area (TPSA) is 51.5 Å². The molecular formula is C20H25N4OS+. The second kappa shape index (κ2) is 7.70. The average Bonchev–Trinajstić information content (AvgIpc) is 2.96. The predicted molar refractivity (Wildman–Crippen MR) is 106 cm³/mol. The van der Waals surface area contributed by atoms with Gasteiger partial charge in [0.2, 0.25) is 0 Å². The van der Waals surface area contributed by atoms with Crippen LogP contribution in [0.4, 0.5) is 5.82 Å². The van der Waals surface area contributed by atoms with Gasteiger partial charge in [-0.2, -0.15) is 0 Å². The van der Waals surface area contributed by atoms with Gasteiger partial charge in [-0.05, 0) is 19.4 Å². The first-order valence-electron chi connectivity index (χ1n) is 9.14. The normalized spacial score (nSPS) is 20.4. The van der Waals surface area contributed by atoms with Crippen LogP contribution in [0.15, 0.2) is 36.7 Å². The summed E-state index contributed by atoms with van der Waals surface area (Å²) in [6.45, 7) is 9.00. The molecule has 26 heavy (non-hydrogen) atoms. The summed E-state index contributed by atoms with van der Waals surface area (Å²) in [5, 5.41) is 4.67. The zero-order valence-corrected chi connectivity index (χ0v) is 16.1. The lowest BCUT2D eigenvalue weighted by atomic mass is 10.2. The molecule has 1 aromatic carbocycles. The van der Waals surface area contributed by atoms with Gasteiger partial charge in [0, 0.05) is 17.0 Å². The largest absolute Gasteiger partial charge is 0.367 e. The van der Waals surface area contributed by atoms with Gasteiger partial charge in [-0.25, -0.2) is 9.97 Å². The van der Waals surface area contributed by atoms with E-state index in [9.17, 15) is 0 Å². The quantitative estimate of drug-likeness (QED) is 0.724. The number of morpholine rings is 1. The molecule has 4 rings (SSSR count). The van der Waals surface area contributed by atoms with Gasteiger partial charge in [-0.3, -0.25) is 0 Å². The number of ether oxygens (including phenoxy) is 1. The van der Waals surface area contributed by atoms with E-state index in [0.29, 0.717) is 0 Å². The van der Waals surface area contributed by atoms with Crippen LogP contribution >= 0.6 is 11.3 Å². The predicted octanol–water partition coefficient (Wildman–Crippen LogP) is 2.20. The van der Waals surface area contributed by atoms with E-state index in [-0.39, 0.29) is 6.10 Å². The standard InChI is InChI=1S/C20H24N4OS/c1-14-15(2)26-20-18(14)19(22-13-23-20)21-10-17-12-24(8-9-25-17)11-16-6-4-3-5-7-16/h3-7,13,17H,8-12H2,1-2H3,(H,21,22,23)/p+1/t17-/m1/s1. The highest BCUT2D eigenvalue weighted by atomic mass is 32.1. The zero-order chi connectivity index (χ0) is 17.9. The Morgan fingerprint density at radius 2 is 2.08 bits per heavy atom. The number of rotatable bonds is 5. The van der Waals surface area contributed by atoms with Crippen LogP contribution in [0.1, 0.15) is 16.0 Å². The summed E-state index contributed by atoms with van der Waals surface area (Å²) >= 11 is 1.73. The Bertz CT molecular complexity index is 880. The summed E-state index contributed by atoms with van der Waals surface area (Å²) < 4.78 is 5.99. The van der Waals surface area contributed by atoms with Crippen molar-refractivity contribution >= 4 is 27.4 Å². The molecular weight excluding hydrogens is 344 g/mol. The van der Waals surface area contributed by atoms with Crippen LogP contribution in [-0.4, -0.2) is 42.3 Å². The number of benzene rings is 1. The van der Waals surface area contributed by atoms with Crippen molar-refractivity contribution in [1.29, 1.82) is 0 Å². The van der Waals surface area contributed by atoms with E-state index >= 15 is 0 Å². The van der Waals surface area contributed by atoms with E-state index in [4.69, 9.17) is 4.74 Å². The van der Waals surface area contributed by atoms with Crippen molar-refractivity contribution in [3.63, 3.8) is 0 Å². The van der Waals surface area contributed by atoms with E-state index in [1.54, 1.807) is 22.6 Å². The molecule has 1 fully saturated rings. The first-order valence-corrected chi connectivity index (χ1v) is 9.96. The number of hydrogen-bond acceptors (Lipinski definition) is 5. The van der Waals surface area contributed by atoms with Gasteiger partial charge in [0.25, 0.3) is 0 Å². The van der Waals surface area contributed by atoms with E-state index < -0.39 is 0 Å². The molecule has 1 aliphatic rings. The molecule has 0 spiro atoms. The fraction of sp³-hybridized carbons (Fsp3) is 0.400. The van der Waals surface area contributed by atoms with Crippen LogP contribution in [0.3, 0.4) is 0 Å². The minimum Gasteiger partial charge on any atom is -0.367 e. The highest BCUT2D eigenvalue weighted by Crippen LogP contribution is 2.32. The Morgan fingerprint density at radius 3 is 2.92 bits per heavy atom. The summed E-state index contributed by atoms with van der Waals surface area (Å²) in [5.74, 6) is 0.927. The zero-order valence-electron chi connectivity index (χ0n) is 15.3. The molecule has 1 unspecified atom stereocenters. The molecule has 3 heterocycles. The first-order chi connectivity index (χ1) is 12.7. The minimum atomic E-state index is 0.201. The van der Waals surface area contributed by atoms with Gasteiger partial charge >= 0.3 is 0 Å². The lowest BCUT2D eigenvalue weighted by Gasteiger charge is -2.30. The maximum absolute atomic E-state index is 5.99. The van der Waals surface area contributed by atoms with Crippen molar-refractivity contribution in [2.24, 2.45) is 0 Å². The van der Waals surface area contributed by atoms with Gasteiger partial charge in [0.1, 0.15) is 42.7 Å². The molecule has 1 aliphatic heterocycles. The van der Waals surface area contributed by atoms with Crippen LogP contribution < -0.4 is 10.2 Å². The van der Waals surface area contributed by atoms with E-state index in [0.717, 1.165) is 48.8 Å². The lowest BCUT2D eigenvalue weighted by Crippen LogP contribution is -3.13. The Hall–Kier alpha value is -2.02. The minimum absolute atomic E-state index is 0.201. The van der Waals surface area contributed by atoms with E-state index in [1.165, 1.54) is 16.0 Å². The van der Waals surface area contributed by atoms with E-state index in [1.807, 2.05) is 0 Å². The third kappa shape index (κ3) is 3.72. The Kier molecular flexibility index (Phi) is 5.15. The number of nitrogens with one attached hydrogen (secondary N) is 2. The molecule has 2 atom stereocenters. The van der Waals surface area contributed by atoms with Gasteiger partial charge in [0.15, 0.2) is 0 Å². The number of aryl methyl sites for hydroxylation is 2. The van der Waals surface area contributed by atoms with E-state index in [2.05, 4.69) is 59.5 Å². The molecule has 2 N–H and O–H groups in total. The summed E-state index contributed by atoms with van der Waals surface area (Å²) in [7, 11) is 0. The molecule has 136 valence electrons. The summed E-state index contributed by atoms with van der Waals surface area (Å²) in [4.78, 5) is 12.8. The molecule has 2 aromatic heterocycles. The fourth-order valence-corrected chi connectivity index (χ4v) is 4.55. The summed E-state index contributed by atoms with van der Waals surface area (Å²) in [6, 6.07) is 10.7. The van der Waals surface area contributed by atoms with Crippen molar-refractivity contribution in [1.82, 2.24) is 9.97 Å². The van der Waals surface area contributed by atoms with Crippen molar-refractivity contribution in [3.05, 3.63) is 52.7 Å². The molecule has 5 nitrogen and oxygen atoms in total. The van der Waals surface area contributed by atoms with Crippen LogP contribution in [0.2, 0.25) is 0 Å². The first kappa shape index (κ1) is 17.4. The van der Waals surface area contributed by atoms with Crippen LogP contribution in [0.25, 0.3) is 10.2 Å². The molecule has 1 saturated heterocycles. The monoisotopic (exact) mass is 369 g/mol. The number of aromatic nitrogens is 2. The van der Waals surface area contributed by atoms with Crippen LogP contribution in [0, 0.1) is 13.8 Å². The smallest absolute Gasteiger partial charge is 0.138 e. The third-order valence-electron chi connectivity index (χ3n) is 5.08. The molecule has 0 bridgehead atoms. The second-order valence-corrected chi connectivity index (χ2v) is 8.13. The third-order valence-corrected chi connectivity index (χ3v) is 6.20. The van der Waals surface area contributed by atoms with Crippen LogP contribution in [-0.2, 0) is 11.3 Å². The summed E-state index contributed by atoms with van der Waals surface area (Å²) in [6.07, 6.45) is 1.85. The molecule has 6 heteroatoms. The maximum atomic E-state index is 5.99. The van der Waals surface area contributed by atoms with Crippen molar-refractivity contribution < 1.29 is 9.64 Å².